The molecule has 1 N–H and O–H groups in total. The Labute approximate surface area is 95.5 Å². The summed E-state index contributed by atoms with van der Waals surface area (Å²) in [5.41, 5.74) is 4.21. The zero-order valence-electron chi connectivity index (χ0n) is 9.44. The van der Waals surface area contributed by atoms with Crippen LogP contribution in [0.15, 0.2) is 24.3 Å². The molecule has 4 heteroatoms. The Morgan fingerprint density at radius 1 is 1.38 bits per heavy atom. The number of para-hydroxylation sites is 1. The predicted molar refractivity (Wildman–Crippen MR) is 60.3 cm³/mol. The number of methoxy groups -OCH3 is 1. The van der Waals surface area contributed by atoms with Gasteiger partial charge >= 0.3 is 0 Å². The molecule has 1 aromatic rings. The van der Waals surface area contributed by atoms with E-state index in [1.165, 1.54) is 0 Å². The van der Waals surface area contributed by atoms with Crippen LogP contribution >= 0.6 is 0 Å². The molecule has 4 nitrogen and oxygen atoms in total. The molecule has 0 fully saturated rings. The van der Waals surface area contributed by atoms with Gasteiger partial charge in [0.05, 0.1) is 25.9 Å². The fourth-order valence-electron chi connectivity index (χ4n) is 1.75. The minimum Gasteiger partial charge on any atom is -0.493 e. The first kappa shape index (κ1) is 11.4. The number of benzene rings is 1. The fraction of sp³-hybridized carbons (Fsp3) is 0.500. The Hall–Kier alpha value is -1.10. The Bertz CT molecular complexity index is 330. The number of nitrogens with one attached hydrogen (secondary N) is 1. The van der Waals surface area contributed by atoms with Crippen molar-refractivity contribution in [1.29, 1.82) is 0 Å². The van der Waals surface area contributed by atoms with Crippen LogP contribution in [-0.2, 0) is 9.57 Å². The summed E-state index contributed by atoms with van der Waals surface area (Å²) in [4.78, 5) is 5.34. The smallest absolute Gasteiger partial charge is 0.124 e. The van der Waals surface area contributed by atoms with Gasteiger partial charge < -0.3 is 9.47 Å². The molecule has 1 heterocycles. The van der Waals surface area contributed by atoms with Crippen LogP contribution in [0.25, 0.3) is 0 Å². The molecule has 2 rings (SSSR count). The Kier molecular flexibility index (Phi) is 4.16. The average Bonchev–Trinajstić information content (AvgIpc) is 2.35. The number of fused-ring (bicyclic) bond motifs is 1. The SMILES string of the molecule is COCCONC1CCOc2ccccc21. The minimum absolute atomic E-state index is 0.210. The molecule has 0 saturated carbocycles. The van der Waals surface area contributed by atoms with E-state index in [9.17, 15) is 0 Å². The maximum atomic E-state index is 5.56. The van der Waals surface area contributed by atoms with E-state index < -0.39 is 0 Å². The molecule has 0 radical (unpaired) electrons. The van der Waals surface area contributed by atoms with Crippen LogP contribution < -0.4 is 10.2 Å². The number of hydroxylamine groups is 1. The van der Waals surface area contributed by atoms with Crippen LogP contribution in [-0.4, -0.2) is 26.9 Å². The molecule has 16 heavy (non-hydrogen) atoms. The summed E-state index contributed by atoms with van der Waals surface area (Å²) >= 11 is 0. The van der Waals surface area contributed by atoms with Crippen LogP contribution in [0.3, 0.4) is 0 Å². The highest BCUT2D eigenvalue weighted by atomic mass is 16.7. The van der Waals surface area contributed by atoms with Crippen molar-refractivity contribution in [3.05, 3.63) is 29.8 Å². The minimum atomic E-state index is 0.210. The summed E-state index contributed by atoms with van der Waals surface area (Å²) in [6.07, 6.45) is 0.921. The van der Waals surface area contributed by atoms with Crippen LogP contribution in [0, 0.1) is 0 Å². The molecule has 1 aliphatic rings. The number of rotatable bonds is 5. The highest BCUT2D eigenvalue weighted by Gasteiger charge is 2.20. The summed E-state index contributed by atoms with van der Waals surface area (Å²) in [6.45, 7) is 1.87. The van der Waals surface area contributed by atoms with E-state index in [-0.39, 0.29) is 6.04 Å². The second kappa shape index (κ2) is 5.84. The van der Waals surface area contributed by atoms with Crippen LogP contribution in [0.5, 0.6) is 5.75 Å². The molecule has 0 spiro atoms. The van der Waals surface area contributed by atoms with E-state index in [0.717, 1.165) is 24.3 Å². The molecule has 0 bridgehead atoms. The molecule has 1 aliphatic heterocycles. The van der Waals surface area contributed by atoms with Gasteiger partial charge in [0.15, 0.2) is 0 Å². The fourth-order valence-corrected chi connectivity index (χ4v) is 1.75. The Balaban J connectivity index is 1.91. The molecule has 0 aliphatic carbocycles. The lowest BCUT2D eigenvalue weighted by atomic mass is 10.0. The van der Waals surface area contributed by atoms with Gasteiger partial charge in [-0.1, -0.05) is 18.2 Å². The number of hydrogen-bond donors (Lipinski definition) is 1. The molecular weight excluding hydrogens is 206 g/mol. The van der Waals surface area contributed by atoms with Gasteiger partial charge in [-0.05, 0) is 6.07 Å². The zero-order chi connectivity index (χ0) is 11.2. The van der Waals surface area contributed by atoms with E-state index in [2.05, 4.69) is 11.5 Å². The van der Waals surface area contributed by atoms with Gasteiger partial charge in [-0.15, -0.1) is 0 Å². The van der Waals surface area contributed by atoms with E-state index in [4.69, 9.17) is 14.3 Å². The number of ether oxygens (including phenoxy) is 2. The molecule has 1 atom stereocenters. The molecule has 0 amide bonds. The van der Waals surface area contributed by atoms with Gasteiger partial charge in [-0.25, -0.2) is 0 Å². The van der Waals surface area contributed by atoms with Gasteiger partial charge in [0.1, 0.15) is 5.75 Å². The molecule has 1 unspecified atom stereocenters. The van der Waals surface area contributed by atoms with Crippen molar-refractivity contribution in [3.8, 4) is 5.75 Å². The van der Waals surface area contributed by atoms with Crippen molar-refractivity contribution in [1.82, 2.24) is 5.48 Å². The van der Waals surface area contributed by atoms with Crippen molar-refractivity contribution in [2.24, 2.45) is 0 Å². The summed E-state index contributed by atoms with van der Waals surface area (Å²) < 4.78 is 10.5. The lowest BCUT2D eigenvalue weighted by Gasteiger charge is -2.26. The number of hydrogen-bond acceptors (Lipinski definition) is 4. The molecule has 88 valence electrons. The lowest BCUT2D eigenvalue weighted by Crippen LogP contribution is -2.28. The van der Waals surface area contributed by atoms with E-state index >= 15 is 0 Å². The summed E-state index contributed by atoms with van der Waals surface area (Å²) in [5.74, 6) is 0.946. The van der Waals surface area contributed by atoms with Crippen molar-refractivity contribution in [2.75, 3.05) is 26.9 Å². The van der Waals surface area contributed by atoms with Gasteiger partial charge in [0.2, 0.25) is 0 Å². The summed E-state index contributed by atoms with van der Waals surface area (Å²) in [6, 6.07) is 8.25. The highest BCUT2D eigenvalue weighted by Crippen LogP contribution is 2.31. The Morgan fingerprint density at radius 2 is 2.25 bits per heavy atom. The summed E-state index contributed by atoms with van der Waals surface area (Å²) in [5, 5.41) is 0. The van der Waals surface area contributed by atoms with Crippen molar-refractivity contribution in [2.45, 2.75) is 12.5 Å². The first-order chi connectivity index (χ1) is 7.92. The second-order valence-electron chi connectivity index (χ2n) is 3.69. The molecular formula is C12H17NO3. The third kappa shape index (κ3) is 2.72. The van der Waals surface area contributed by atoms with Gasteiger partial charge in [-0.3, -0.25) is 4.84 Å². The van der Waals surface area contributed by atoms with Gasteiger partial charge in [-0.2, -0.15) is 5.48 Å². The van der Waals surface area contributed by atoms with Crippen molar-refractivity contribution < 1.29 is 14.3 Å². The van der Waals surface area contributed by atoms with Gasteiger partial charge in [0, 0.05) is 19.1 Å². The van der Waals surface area contributed by atoms with Crippen LogP contribution in [0.2, 0.25) is 0 Å². The van der Waals surface area contributed by atoms with Crippen molar-refractivity contribution in [3.63, 3.8) is 0 Å². The van der Waals surface area contributed by atoms with E-state index in [1.807, 2.05) is 18.2 Å². The molecule has 1 aromatic carbocycles. The van der Waals surface area contributed by atoms with E-state index in [0.29, 0.717) is 13.2 Å². The topological polar surface area (TPSA) is 39.7 Å². The maximum absolute atomic E-state index is 5.56. The third-order valence-corrected chi connectivity index (χ3v) is 2.57. The second-order valence-corrected chi connectivity index (χ2v) is 3.69. The average molecular weight is 223 g/mol. The highest BCUT2D eigenvalue weighted by molar-refractivity contribution is 5.37. The van der Waals surface area contributed by atoms with Crippen LogP contribution in [0.1, 0.15) is 18.0 Å². The third-order valence-electron chi connectivity index (χ3n) is 2.57. The van der Waals surface area contributed by atoms with Crippen LogP contribution in [0.4, 0.5) is 0 Å². The Morgan fingerprint density at radius 3 is 3.12 bits per heavy atom. The molecule has 0 aromatic heterocycles. The molecule has 0 saturated heterocycles. The largest absolute Gasteiger partial charge is 0.493 e. The maximum Gasteiger partial charge on any atom is 0.124 e. The van der Waals surface area contributed by atoms with Gasteiger partial charge in [0.25, 0.3) is 0 Å². The van der Waals surface area contributed by atoms with Crippen molar-refractivity contribution >= 4 is 0 Å². The zero-order valence-corrected chi connectivity index (χ0v) is 9.44. The normalized spacial score (nSPS) is 18.9. The first-order valence-corrected chi connectivity index (χ1v) is 5.50. The standard InChI is InChI=1S/C12H17NO3/c1-14-8-9-16-13-11-6-7-15-12-5-3-2-4-10(11)12/h2-5,11,13H,6-9H2,1H3. The first-order valence-electron chi connectivity index (χ1n) is 5.50. The predicted octanol–water partition coefficient (Wildman–Crippen LogP) is 1.68. The monoisotopic (exact) mass is 223 g/mol. The lowest BCUT2D eigenvalue weighted by molar-refractivity contribution is -0.0191. The van der Waals surface area contributed by atoms with E-state index in [1.54, 1.807) is 7.11 Å². The quantitative estimate of drug-likeness (QED) is 0.609. The summed E-state index contributed by atoms with van der Waals surface area (Å²) in [7, 11) is 1.66.